The van der Waals surface area contributed by atoms with Gasteiger partial charge in [0.05, 0.1) is 29.6 Å². The molecule has 0 saturated carbocycles. The standard InChI is InChI=1S/C13H9N3O3/c1-19-13(18)9-6-16-10(7-17)11(9)12-8(5-14)3-2-4-15-12/h2-4,6-7,16H,1H3. The van der Waals surface area contributed by atoms with Gasteiger partial charge in [-0.3, -0.25) is 9.78 Å². The number of pyridine rings is 1. The largest absolute Gasteiger partial charge is 0.465 e. The van der Waals surface area contributed by atoms with E-state index in [-0.39, 0.29) is 28.1 Å². The van der Waals surface area contributed by atoms with Gasteiger partial charge in [0.1, 0.15) is 6.07 Å². The molecular weight excluding hydrogens is 246 g/mol. The number of carbonyl (C=O) groups is 2. The third-order valence-electron chi connectivity index (χ3n) is 2.60. The molecule has 0 aliphatic heterocycles. The van der Waals surface area contributed by atoms with Gasteiger partial charge in [-0.2, -0.15) is 5.26 Å². The number of ether oxygens (including phenoxy) is 1. The summed E-state index contributed by atoms with van der Waals surface area (Å²) in [5.41, 5.74) is 1.17. The van der Waals surface area contributed by atoms with Crippen LogP contribution < -0.4 is 0 Å². The van der Waals surface area contributed by atoms with Crippen LogP contribution in [0.2, 0.25) is 0 Å². The van der Waals surface area contributed by atoms with Gasteiger partial charge in [0, 0.05) is 18.0 Å². The van der Waals surface area contributed by atoms with Gasteiger partial charge >= 0.3 is 5.97 Å². The number of aldehydes is 1. The first kappa shape index (κ1) is 12.5. The van der Waals surface area contributed by atoms with Crippen molar-refractivity contribution in [2.24, 2.45) is 0 Å². The second-order valence-corrected chi connectivity index (χ2v) is 3.61. The number of nitrogens with zero attached hydrogens (tertiary/aromatic N) is 2. The summed E-state index contributed by atoms with van der Waals surface area (Å²) in [5.74, 6) is -0.603. The van der Waals surface area contributed by atoms with Crippen molar-refractivity contribution >= 4 is 12.3 Å². The van der Waals surface area contributed by atoms with Crippen molar-refractivity contribution in [2.75, 3.05) is 7.11 Å². The van der Waals surface area contributed by atoms with Crippen LogP contribution >= 0.6 is 0 Å². The highest BCUT2D eigenvalue weighted by atomic mass is 16.5. The number of aromatic nitrogens is 2. The lowest BCUT2D eigenvalue weighted by Crippen LogP contribution is -2.03. The van der Waals surface area contributed by atoms with Gasteiger partial charge in [-0.25, -0.2) is 4.79 Å². The Labute approximate surface area is 108 Å². The second-order valence-electron chi connectivity index (χ2n) is 3.61. The predicted molar refractivity (Wildman–Crippen MR) is 65.5 cm³/mol. The summed E-state index contributed by atoms with van der Waals surface area (Å²) < 4.78 is 4.64. The van der Waals surface area contributed by atoms with E-state index in [9.17, 15) is 9.59 Å². The lowest BCUT2D eigenvalue weighted by molar-refractivity contribution is 0.0601. The van der Waals surface area contributed by atoms with Gasteiger partial charge in [-0.05, 0) is 12.1 Å². The van der Waals surface area contributed by atoms with Crippen molar-refractivity contribution in [1.29, 1.82) is 5.26 Å². The zero-order chi connectivity index (χ0) is 13.8. The summed E-state index contributed by atoms with van der Waals surface area (Å²) in [6.07, 6.45) is 3.41. The molecule has 2 heterocycles. The van der Waals surface area contributed by atoms with Crippen LogP contribution in [0.5, 0.6) is 0 Å². The monoisotopic (exact) mass is 255 g/mol. The molecule has 0 unspecified atom stereocenters. The average Bonchev–Trinajstić information content (AvgIpc) is 2.89. The summed E-state index contributed by atoms with van der Waals surface area (Å²) in [7, 11) is 1.24. The highest BCUT2D eigenvalue weighted by Gasteiger charge is 2.22. The first-order valence-corrected chi connectivity index (χ1v) is 5.33. The predicted octanol–water partition coefficient (Wildman–Crippen LogP) is 1.55. The van der Waals surface area contributed by atoms with Crippen molar-refractivity contribution in [2.45, 2.75) is 0 Å². The average molecular weight is 255 g/mol. The minimum Gasteiger partial charge on any atom is -0.465 e. The molecule has 19 heavy (non-hydrogen) atoms. The molecule has 6 heteroatoms. The van der Waals surface area contributed by atoms with E-state index in [1.165, 1.54) is 19.5 Å². The Balaban J connectivity index is 2.73. The van der Waals surface area contributed by atoms with Gasteiger partial charge in [0.15, 0.2) is 6.29 Å². The third kappa shape index (κ3) is 2.09. The molecule has 0 aliphatic carbocycles. The highest BCUT2D eigenvalue weighted by molar-refractivity contribution is 6.02. The van der Waals surface area contributed by atoms with E-state index in [2.05, 4.69) is 14.7 Å². The fourth-order valence-corrected chi connectivity index (χ4v) is 1.75. The minimum atomic E-state index is -0.603. The molecule has 0 atom stereocenters. The summed E-state index contributed by atoms with van der Waals surface area (Å²) in [4.78, 5) is 29.4. The maximum atomic E-state index is 11.7. The van der Waals surface area contributed by atoms with Crippen molar-refractivity contribution < 1.29 is 14.3 Å². The van der Waals surface area contributed by atoms with E-state index in [1.54, 1.807) is 12.1 Å². The first-order chi connectivity index (χ1) is 9.22. The molecule has 6 nitrogen and oxygen atoms in total. The zero-order valence-electron chi connectivity index (χ0n) is 10.0. The Bertz CT molecular complexity index is 683. The number of carbonyl (C=O) groups excluding carboxylic acids is 2. The van der Waals surface area contributed by atoms with Crippen molar-refractivity contribution in [1.82, 2.24) is 9.97 Å². The van der Waals surface area contributed by atoms with Gasteiger partial charge in [-0.15, -0.1) is 0 Å². The minimum absolute atomic E-state index is 0.166. The van der Waals surface area contributed by atoms with E-state index >= 15 is 0 Å². The molecule has 0 amide bonds. The van der Waals surface area contributed by atoms with E-state index < -0.39 is 5.97 Å². The maximum Gasteiger partial charge on any atom is 0.340 e. The molecule has 1 N–H and O–H groups in total. The third-order valence-corrected chi connectivity index (χ3v) is 2.60. The molecular formula is C13H9N3O3. The first-order valence-electron chi connectivity index (χ1n) is 5.33. The topological polar surface area (TPSA) is 95.8 Å². The SMILES string of the molecule is COC(=O)c1c[nH]c(C=O)c1-c1ncccc1C#N. The molecule has 0 saturated heterocycles. The smallest absolute Gasteiger partial charge is 0.340 e. The van der Waals surface area contributed by atoms with Gasteiger partial charge < -0.3 is 9.72 Å². The number of rotatable bonds is 3. The Morgan fingerprint density at radius 1 is 1.58 bits per heavy atom. The highest BCUT2D eigenvalue weighted by Crippen LogP contribution is 2.28. The number of hydrogen-bond acceptors (Lipinski definition) is 5. The number of H-pyrrole nitrogens is 1. The second kappa shape index (κ2) is 5.14. The fourth-order valence-electron chi connectivity index (χ4n) is 1.75. The zero-order valence-corrected chi connectivity index (χ0v) is 10.0. The molecule has 0 radical (unpaired) electrons. The van der Waals surface area contributed by atoms with Crippen LogP contribution in [0.15, 0.2) is 24.5 Å². The fraction of sp³-hybridized carbons (Fsp3) is 0.0769. The number of hydrogen-bond donors (Lipinski definition) is 1. The van der Waals surface area contributed by atoms with Crippen LogP contribution in [0.3, 0.4) is 0 Å². The summed E-state index contributed by atoms with van der Waals surface area (Å²) in [6, 6.07) is 5.14. The lowest BCUT2D eigenvalue weighted by atomic mass is 10.0. The molecule has 0 aliphatic rings. The van der Waals surface area contributed by atoms with E-state index in [1.807, 2.05) is 6.07 Å². The van der Waals surface area contributed by atoms with Crippen LogP contribution in [0.1, 0.15) is 26.4 Å². The van der Waals surface area contributed by atoms with Crippen molar-refractivity contribution in [3.63, 3.8) is 0 Å². The van der Waals surface area contributed by atoms with Gasteiger partial charge in [0.25, 0.3) is 0 Å². The summed E-state index contributed by atoms with van der Waals surface area (Å²) in [6.45, 7) is 0. The number of esters is 1. The van der Waals surface area contributed by atoms with Crippen LogP contribution in [0.25, 0.3) is 11.3 Å². The van der Waals surface area contributed by atoms with Crippen molar-refractivity contribution in [3.8, 4) is 17.3 Å². The molecule has 2 aromatic rings. The molecule has 0 bridgehead atoms. The van der Waals surface area contributed by atoms with E-state index in [0.717, 1.165) is 0 Å². The summed E-state index contributed by atoms with van der Waals surface area (Å²) in [5, 5.41) is 9.06. The van der Waals surface area contributed by atoms with Crippen LogP contribution in [0.4, 0.5) is 0 Å². The Morgan fingerprint density at radius 2 is 2.37 bits per heavy atom. The van der Waals surface area contributed by atoms with E-state index in [0.29, 0.717) is 6.29 Å². The number of methoxy groups -OCH3 is 1. The van der Waals surface area contributed by atoms with Crippen LogP contribution in [-0.2, 0) is 4.74 Å². The molecule has 2 aromatic heterocycles. The molecule has 0 aromatic carbocycles. The summed E-state index contributed by atoms with van der Waals surface area (Å²) >= 11 is 0. The van der Waals surface area contributed by atoms with Crippen LogP contribution in [0, 0.1) is 11.3 Å². The quantitative estimate of drug-likeness (QED) is 0.663. The maximum absolute atomic E-state index is 11.7. The normalized spacial score (nSPS) is 9.68. The van der Waals surface area contributed by atoms with Crippen molar-refractivity contribution in [3.05, 3.63) is 41.3 Å². The molecule has 2 rings (SSSR count). The number of nitrogens with one attached hydrogen (secondary N) is 1. The lowest BCUT2D eigenvalue weighted by Gasteiger charge is -2.04. The number of aromatic amines is 1. The van der Waals surface area contributed by atoms with Gasteiger partial charge in [0.2, 0.25) is 0 Å². The van der Waals surface area contributed by atoms with E-state index in [4.69, 9.17) is 5.26 Å². The molecule has 0 spiro atoms. The Morgan fingerprint density at radius 3 is 3.00 bits per heavy atom. The van der Waals surface area contributed by atoms with Crippen LogP contribution in [-0.4, -0.2) is 29.3 Å². The molecule has 0 fully saturated rings. The Hall–Kier alpha value is -2.94. The van der Waals surface area contributed by atoms with Gasteiger partial charge in [-0.1, -0.05) is 0 Å². The molecule has 94 valence electrons. The number of nitriles is 1. The Kier molecular flexibility index (Phi) is 3.39.